The highest BCUT2D eigenvalue weighted by Crippen LogP contribution is 2.07. The summed E-state index contributed by atoms with van der Waals surface area (Å²) in [4.78, 5) is 28.8. The Labute approximate surface area is 185 Å². The van der Waals surface area contributed by atoms with E-state index in [-0.39, 0.29) is 11.1 Å². The minimum atomic E-state index is -0.428. The van der Waals surface area contributed by atoms with Crippen LogP contribution in [0.25, 0.3) is 0 Å². The van der Waals surface area contributed by atoms with Gasteiger partial charge in [0.1, 0.15) is 35.9 Å². The van der Waals surface area contributed by atoms with Crippen LogP contribution in [0.5, 0.6) is 0 Å². The molecular formula is C22H24N8O2. The molecule has 1 aliphatic rings. The predicted octanol–water partition coefficient (Wildman–Crippen LogP) is 0.888. The second kappa shape index (κ2) is 9.31. The minimum absolute atomic E-state index is 0.0926. The first-order chi connectivity index (χ1) is 15.3. The van der Waals surface area contributed by atoms with E-state index in [0.717, 1.165) is 0 Å². The summed E-state index contributed by atoms with van der Waals surface area (Å²) in [6, 6.07) is 7.40. The summed E-state index contributed by atoms with van der Waals surface area (Å²) < 4.78 is 2.47. The average Bonchev–Trinajstić information content (AvgIpc) is 2.74. The zero-order valence-corrected chi connectivity index (χ0v) is 18.5. The highest BCUT2D eigenvalue weighted by molar-refractivity contribution is 5.58. The fraction of sp³-hybridized carbons (Fsp3) is 0.364. The largest absolute Gasteiger partial charge is 0.358 e. The van der Waals surface area contributed by atoms with Gasteiger partial charge in [-0.25, -0.2) is 0 Å². The Bertz CT molecular complexity index is 1190. The topological polar surface area (TPSA) is 123 Å². The molecule has 0 amide bonds. The molecule has 2 aromatic rings. The molecule has 0 atom stereocenters. The SMILES string of the molecule is Cc1cc(C)n(/N=C\N2CCN(/C=N\n3c(C)cc(C)c(C#N)c3=O)CC2)c(=O)c1C#N. The van der Waals surface area contributed by atoms with E-state index in [4.69, 9.17) is 0 Å². The molecule has 0 radical (unpaired) electrons. The van der Waals surface area contributed by atoms with Gasteiger partial charge < -0.3 is 9.80 Å². The Morgan fingerprint density at radius 3 is 1.41 bits per heavy atom. The maximum absolute atomic E-state index is 12.4. The predicted molar refractivity (Wildman–Crippen MR) is 121 cm³/mol. The van der Waals surface area contributed by atoms with E-state index >= 15 is 0 Å². The fourth-order valence-corrected chi connectivity index (χ4v) is 3.54. The van der Waals surface area contributed by atoms with Gasteiger partial charge in [-0.3, -0.25) is 9.59 Å². The van der Waals surface area contributed by atoms with Crippen molar-refractivity contribution in [3.05, 3.63) is 66.5 Å². The van der Waals surface area contributed by atoms with Gasteiger partial charge in [0.15, 0.2) is 0 Å². The smallest absolute Gasteiger partial charge is 0.289 e. The Balaban J connectivity index is 1.69. The first-order valence-electron chi connectivity index (χ1n) is 10.1. The van der Waals surface area contributed by atoms with Crippen molar-refractivity contribution in [2.45, 2.75) is 27.7 Å². The average molecular weight is 432 g/mol. The molecule has 0 aromatic carbocycles. The number of nitrogens with zero attached hydrogens (tertiary/aromatic N) is 8. The lowest BCUT2D eigenvalue weighted by Gasteiger charge is -2.32. The molecule has 3 rings (SSSR count). The molecule has 10 nitrogen and oxygen atoms in total. The molecule has 164 valence electrons. The molecular weight excluding hydrogens is 408 g/mol. The number of rotatable bonds is 4. The summed E-state index contributed by atoms with van der Waals surface area (Å²) in [7, 11) is 0. The van der Waals surface area contributed by atoms with E-state index in [9.17, 15) is 20.1 Å². The Morgan fingerprint density at radius 2 is 1.09 bits per heavy atom. The van der Waals surface area contributed by atoms with Gasteiger partial charge in [-0.15, -0.1) is 0 Å². The molecule has 1 saturated heterocycles. The number of piperazine rings is 1. The maximum Gasteiger partial charge on any atom is 0.289 e. The van der Waals surface area contributed by atoms with Crippen molar-refractivity contribution in [3.63, 3.8) is 0 Å². The molecule has 3 heterocycles. The standard InChI is InChI=1S/C22H24N8O2/c1-15-9-17(3)29(21(31)19(15)11-23)25-13-27-5-7-28(8-6-27)14-26-30-18(4)10-16(2)20(12-24)22(30)32/h9-10,13-14H,5-8H2,1-4H3/b25-13-,26-14-. The van der Waals surface area contributed by atoms with Crippen LogP contribution in [0.2, 0.25) is 0 Å². The zero-order valence-electron chi connectivity index (χ0n) is 18.5. The number of aryl methyl sites for hydroxylation is 4. The van der Waals surface area contributed by atoms with Crippen LogP contribution in [0.1, 0.15) is 33.6 Å². The van der Waals surface area contributed by atoms with Crippen molar-refractivity contribution in [3.8, 4) is 12.1 Å². The summed E-state index contributed by atoms with van der Waals surface area (Å²) in [5.74, 6) is 0. The van der Waals surface area contributed by atoms with E-state index in [1.807, 2.05) is 21.9 Å². The molecule has 0 bridgehead atoms. The van der Waals surface area contributed by atoms with Gasteiger partial charge in [0.05, 0.1) is 0 Å². The van der Waals surface area contributed by atoms with Gasteiger partial charge in [-0.05, 0) is 51.0 Å². The van der Waals surface area contributed by atoms with Gasteiger partial charge in [-0.2, -0.15) is 30.1 Å². The highest BCUT2D eigenvalue weighted by atomic mass is 16.1. The molecule has 0 spiro atoms. The van der Waals surface area contributed by atoms with Crippen LogP contribution in [-0.2, 0) is 0 Å². The van der Waals surface area contributed by atoms with Gasteiger partial charge in [0.2, 0.25) is 0 Å². The van der Waals surface area contributed by atoms with Crippen molar-refractivity contribution in [1.82, 2.24) is 19.2 Å². The molecule has 1 aliphatic heterocycles. The third-order valence-electron chi connectivity index (χ3n) is 5.35. The number of aromatic nitrogens is 2. The van der Waals surface area contributed by atoms with Crippen LogP contribution in [-0.4, -0.2) is 58.0 Å². The van der Waals surface area contributed by atoms with Crippen LogP contribution in [0.4, 0.5) is 0 Å². The Kier molecular flexibility index (Phi) is 6.55. The summed E-state index contributed by atoms with van der Waals surface area (Å²) in [6.07, 6.45) is 3.21. The number of hydrogen-bond donors (Lipinski definition) is 0. The van der Waals surface area contributed by atoms with Crippen LogP contribution >= 0.6 is 0 Å². The molecule has 0 N–H and O–H groups in total. The van der Waals surface area contributed by atoms with Crippen molar-refractivity contribution < 1.29 is 0 Å². The minimum Gasteiger partial charge on any atom is -0.358 e. The maximum atomic E-state index is 12.4. The van der Waals surface area contributed by atoms with E-state index in [0.29, 0.717) is 48.7 Å². The molecule has 10 heteroatoms. The van der Waals surface area contributed by atoms with Crippen LogP contribution < -0.4 is 11.1 Å². The third kappa shape index (κ3) is 4.44. The Hall–Kier alpha value is -4.18. The van der Waals surface area contributed by atoms with Gasteiger partial charge in [0, 0.05) is 37.6 Å². The summed E-state index contributed by atoms with van der Waals surface area (Å²) in [5.41, 5.74) is 1.92. The first kappa shape index (κ1) is 22.5. The highest BCUT2D eigenvalue weighted by Gasteiger charge is 2.14. The lowest BCUT2D eigenvalue weighted by molar-refractivity contribution is 0.267. The molecule has 2 aromatic heterocycles. The second-order valence-corrected chi connectivity index (χ2v) is 7.68. The lowest BCUT2D eigenvalue weighted by Crippen LogP contribution is -2.45. The molecule has 0 unspecified atom stereocenters. The van der Waals surface area contributed by atoms with Gasteiger partial charge in [-0.1, -0.05) is 0 Å². The van der Waals surface area contributed by atoms with E-state index in [2.05, 4.69) is 10.2 Å². The quantitative estimate of drug-likeness (QED) is 0.522. The van der Waals surface area contributed by atoms with Gasteiger partial charge in [0.25, 0.3) is 11.1 Å². The molecule has 0 aliphatic carbocycles. The van der Waals surface area contributed by atoms with Crippen LogP contribution in [0, 0.1) is 50.4 Å². The van der Waals surface area contributed by atoms with Gasteiger partial charge >= 0.3 is 0 Å². The lowest BCUT2D eigenvalue weighted by atomic mass is 10.1. The van der Waals surface area contributed by atoms with Crippen molar-refractivity contribution in [2.75, 3.05) is 26.2 Å². The van der Waals surface area contributed by atoms with Crippen molar-refractivity contribution >= 4 is 12.7 Å². The fourth-order valence-electron chi connectivity index (χ4n) is 3.54. The molecule has 1 fully saturated rings. The first-order valence-corrected chi connectivity index (χ1v) is 10.1. The van der Waals surface area contributed by atoms with E-state index in [1.165, 1.54) is 9.35 Å². The number of hydrogen-bond acceptors (Lipinski definition) is 6. The number of nitriles is 2. The third-order valence-corrected chi connectivity index (χ3v) is 5.35. The second-order valence-electron chi connectivity index (χ2n) is 7.68. The van der Waals surface area contributed by atoms with Crippen LogP contribution in [0.3, 0.4) is 0 Å². The molecule has 0 saturated carbocycles. The van der Waals surface area contributed by atoms with Crippen molar-refractivity contribution in [2.24, 2.45) is 10.2 Å². The Morgan fingerprint density at radius 1 is 0.750 bits per heavy atom. The van der Waals surface area contributed by atoms with Crippen LogP contribution in [0.15, 0.2) is 31.9 Å². The zero-order chi connectivity index (χ0) is 23.4. The normalized spacial score (nSPS) is 14.2. The summed E-state index contributed by atoms with van der Waals surface area (Å²) in [6.45, 7) is 9.58. The summed E-state index contributed by atoms with van der Waals surface area (Å²) >= 11 is 0. The van der Waals surface area contributed by atoms with E-state index in [1.54, 1.807) is 52.5 Å². The molecule has 32 heavy (non-hydrogen) atoms. The monoisotopic (exact) mass is 432 g/mol. The van der Waals surface area contributed by atoms with E-state index < -0.39 is 11.1 Å². The summed E-state index contributed by atoms with van der Waals surface area (Å²) in [5, 5.41) is 26.9. The number of pyridine rings is 2. The van der Waals surface area contributed by atoms with Crippen molar-refractivity contribution in [1.29, 1.82) is 10.5 Å².